The fraction of sp³-hybridized carbons (Fsp3) is 1.00. The molecule has 0 unspecified atom stereocenters. The number of halogens is 1. The van der Waals surface area contributed by atoms with Gasteiger partial charge in [-0.15, -0.1) is 11.6 Å². The standard InChI is InChI=1S/C12H22ClNO2/c13-11-9-7-5-3-1-2-4-6-8-10-12(11)14(15)16/h11-12H,1-10H2/t11-,12-/m0/s1. The molecular formula is C12H22ClNO2. The molecule has 1 aliphatic rings. The molecule has 0 heterocycles. The Bertz CT molecular complexity index is 211. The predicted molar refractivity (Wildman–Crippen MR) is 66.6 cm³/mol. The van der Waals surface area contributed by atoms with Crippen LogP contribution in [0, 0.1) is 10.1 Å². The van der Waals surface area contributed by atoms with Crippen molar-refractivity contribution in [2.45, 2.75) is 75.6 Å². The number of alkyl halides is 1. The van der Waals surface area contributed by atoms with Crippen LogP contribution in [0.25, 0.3) is 0 Å². The zero-order chi connectivity index (χ0) is 11.8. The van der Waals surface area contributed by atoms with Crippen LogP contribution in [0.2, 0.25) is 0 Å². The molecule has 0 aromatic heterocycles. The number of rotatable bonds is 1. The predicted octanol–water partition coefficient (Wildman–Crippen LogP) is 4.15. The molecule has 4 heteroatoms. The summed E-state index contributed by atoms with van der Waals surface area (Å²) < 4.78 is 0. The van der Waals surface area contributed by atoms with Gasteiger partial charge in [-0.2, -0.15) is 0 Å². The van der Waals surface area contributed by atoms with Crippen molar-refractivity contribution in [3.8, 4) is 0 Å². The van der Waals surface area contributed by atoms with Crippen LogP contribution in [0.1, 0.15) is 64.2 Å². The van der Waals surface area contributed by atoms with E-state index in [9.17, 15) is 10.1 Å². The number of hydrogen-bond donors (Lipinski definition) is 0. The van der Waals surface area contributed by atoms with Crippen LogP contribution in [0.5, 0.6) is 0 Å². The second-order valence-corrected chi connectivity index (χ2v) is 5.34. The summed E-state index contributed by atoms with van der Waals surface area (Å²) in [5.74, 6) is 0. The molecule has 1 saturated carbocycles. The lowest BCUT2D eigenvalue weighted by molar-refractivity contribution is -0.523. The lowest BCUT2D eigenvalue weighted by Crippen LogP contribution is -2.30. The van der Waals surface area contributed by atoms with Crippen LogP contribution in [0.3, 0.4) is 0 Å². The third-order valence-electron chi connectivity index (χ3n) is 3.42. The minimum Gasteiger partial charge on any atom is -0.264 e. The SMILES string of the molecule is O=[N+]([O-])[C@H]1CCCCCCCCCC[C@@H]1Cl. The van der Waals surface area contributed by atoms with Crippen LogP contribution in [-0.4, -0.2) is 16.3 Å². The summed E-state index contributed by atoms with van der Waals surface area (Å²) in [6, 6.07) is -0.527. The van der Waals surface area contributed by atoms with Crippen LogP contribution in [-0.2, 0) is 0 Å². The molecule has 0 aliphatic heterocycles. The smallest absolute Gasteiger partial charge is 0.229 e. The molecule has 0 amide bonds. The van der Waals surface area contributed by atoms with E-state index in [-0.39, 0.29) is 10.3 Å². The Labute approximate surface area is 103 Å². The molecule has 2 atom stereocenters. The molecule has 0 radical (unpaired) electrons. The van der Waals surface area contributed by atoms with Gasteiger partial charge in [0.1, 0.15) is 5.38 Å². The minimum atomic E-state index is -0.527. The Kier molecular flexibility index (Phi) is 6.78. The van der Waals surface area contributed by atoms with E-state index in [2.05, 4.69) is 0 Å². The van der Waals surface area contributed by atoms with Crippen LogP contribution in [0.15, 0.2) is 0 Å². The maximum Gasteiger partial charge on any atom is 0.229 e. The van der Waals surface area contributed by atoms with Gasteiger partial charge in [0.05, 0.1) is 0 Å². The van der Waals surface area contributed by atoms with Crippen molar-refractivity contribution in [1.82, 2.24) is 0 Å². The second-order valence-electron chi connectivity index (χ2n) is 4.77. The number of nitro groups is 1. The summed E-state index contributed by atoms with van der Waals surface area (Å²) in [6.45, 7) is 0. The lowest BCUT2D eigenvalue weighted by atomic mass is 9.98. The summed E-state index contributed by atoms with van der Waals surface area (Å²) in [5.41, 5.74) is 0. The van der Waals surface area contributed by atoms with Gasteiger partial charge in [-0.05, 0) is 12.8 Å². The van der Waals surface area contributed by atoms with Gasteiger partial charge in [0.15, 0.2) is 0 Å². The van der Waals surface area contributed by atoms with Crippen molar-refractivity contribution in [3.05, 3.63) is 10.1 Å². The summed E-state index contributed by atoms with van der Waals surface area (Å²) in [7, 11) is 0. The molecule has 0 aromatic rings. The second kappa shape index (κ2) is 7.88. The molecule has 0 bridgehead atoms. The van der Waals surface area contributed by atoms with Gasteiger partial charge in [-0.1, -0.05) is 44.9 Å². The third kappa shape index (κ3) is 5.15. The van der Waals surface area contributed by atoms with Gasteiger partial charge in [0.25, 0.3) is 0 Å². The molecule has 0 saturated heterocycles. The van der Waals surface area contributed by atoms with E-state index in [0.29, 0.717) is 6.42 Å². The third-order valence-corrected chi connectivity index (χ3v) is 3.93. The van der Waals surface area contributed by atoms with Gasteiger partial charge >= 0.3 is 0 Å². The Hall–Kier alpha value is -0.310. The zero-order valence-electron chi connectivity index (χ0n) is 9.87. The highest BCUT2D eigenvalue weighted by molar-refractivity contribution is 6.21. The Morgan fingerprint density at radius 2 is 1.31 bits per heavy atom. The highest BCUT2D eigenvalue weighted by Crippen LogP contribution is 2.22. The molecule has 16 heavy (non-hydrogen) atoms. The molecule has 3 nitrogen and oxygen atoms in total. The van der Waals surface area contributed by atoms with Crippen molar-refractivity contribution in [2.75, 3.05) is 0 Å². The Morgan fingerprint density at radius 3 is 1.81 bits per heavy atom. The fourth-order valence-electron chi connectivity index (χ4n) is 2.36. The number of nitrogens with zero attached hydrogens (tertiary/aromatic N) is 1. The van der Waals surface area contributed by atoms with E-state index in [4.69, 9.17) is 11.6 Å². The molecule has 0 aromatic carbocycles. The quantitative estimate of drug-likeness (QED) is 0.397. The Morgan fingerprint density at radius 1 is 0.875 bits per heavy atom. The summed E-state index contributed by atoms with van der Waals surface area (Å²) in [5, 5.41) is 10.6. The van der Waals surface area contributed by atoms with E-state index >= 15 is 0 Å². The topological polar surface area (TPSA) is 43.1 Å². The molecule has 0 N–H and O–H groups in total. The van der Waals surface area contributed by atoms with Crippen molar-refractivity contribution < 1.29 is 4.92 Å². The largest absolute Gasteiger partial charge is 0.264 e. The molecule has 94 valence electrons. The van der Waals surface area contributed by atoms with Crippen LogP contribution in [0.4, 0.5) is 0 Å². The van der Waals surface area contributed by atoms with Crippen molar-refractivity contribution in [2.24, 2.45) is 0 Å². The van der Waals surface area contributed by atoms with E-state index in [1.165, 1.54) is 32.1 Å². The van der Waals surface area contributed by atoms with Gasteiger partial charge in [0.2, 0.25) is 6.04 Å². The van der Waals surface area contributed by atoms with Gasteiger partial charge in [0, 0.05) is 11.3 Å². The molecular weight excluding hydrogens is 226 g/mol. The molecule has 1 rings (SSSR count). The maximum atomic E-state index is 10.9. The zero-order valence-corrected chi connectivity index (χ0v) is 10.6. The monoisotopic (exact) mass is 247 g/mol. The normalized spacial score (nSPS) is 30.1. The van der Waals surface area contributed by atoms with Crippen LogP contribution < -0.4 is 0 Å². The molecule has 0 spiro atoms. The summed E-state index contributed by atoms with van der Waals surface area (Å²) in [6.07, 6.45) is 10.8. The van der Waals surface area contributed by atoms with E-state index in [1.807, 2.05) is 0 Å². The molecule has 1 aliphatic carbocycles. The van der Waals surface area contributed by atoms with E-state index in [1.54, 1.807) is 0 Å². The first-order valence-corrected chi connectivity index (χ1v) is 6.93. The minimum absolute atomic E-state index is 0.177. The molecule has 1 fully saturated rings. The van der Waals surface area contributed by atoms with Gasteiger partial charge in [-0.25, -0.2) is 0 Å². The van der Waals surface area contributed by atoms with Crippen molar-refractivity contribution >= 4 is 11.6 Å². The average Bonchev–Trinajstić information content (AvgIpc) is 2.22. The van der Waals surface area contributed by atoms with Crippen LogP contribution >= 0.6 is 11.6 Å². The average molecular weight is 248 g/mol. The summed E-state index contributed by atoms with van der Waals surface area (Å²) >= 11 is 6.13. The van der Waals surface area contributed by atoms with Gasteiger partial charge in [-0.3, -0.25) is 10.1 Å². The fourth-order valence-corrected chi connectivity index (χ4v) is 2.74. The first-order chi connectivity index (χ1) is 7.72. The number of hydrogen-bond acceptors (Lipinski definition) is 2. The van der Waals surface area contributed by atoms with Gasteiger partial charge < -0.3 is 0 Å². The highest BCUT2D eigenvalue weighted by atomic mass is 35.5. The van der Waals surface area contributed by atoms with Crippen molar-refractivity contribution in [3.63, 3.8) is 0 Å². The maximum absolute atomic E-state index is 10.9. The van der Waals surface area contributed by atoms with Crippen molar-refractivity contribution in [1.29, 1.82) is 0 Å². The van der Waals surface area contributed by atoms with E-state index < -0.39 is 6.04 Å². The van der Waals surface area contributed by atoms with E-state index in [0.717, 1.165) is 25.7 Å². The first kappa shape index (κ1) is 13.8. The highest BCUT2D eigenvalue weighted by Gasteiger charge is 2.28. The Balaban J connectivity index is 2.43. The lowest BCUT2D eigenvalue weighted by Gasteiger charge is -2.16. The summed E-state index contributed by atoms with van der Waals surface area (Å²) in [4.78, 5) is 10.7. The first-order valence-electron chi connectivity index (χ1n) is 6.49.